The molecule has 5 nitrogen and oxygen atoms in total. The van der Waals surface area contributed by atoms with E-state index in [9.17, 15) is 0 Å². The Morgan fingerprint density at radius 1 is 1.32 bits per heavy atom. The third-order valence-corrected chi connectivity index (χ3v) is 2.62. The Hall–Kier alpha value is -2.30. The molecule has 1 aromatic heterocycles. The van der Waals surface area contributed by atoms with Crippen LogP contribution < -0.4 is 15.8 Å². The molecule has 0 radical (unpaired) electrons. The van der Waals surface area contributed by atoms with E-state index in [0.29, 0.717) is 24.6 Å². The average Bonchev–Trinajstić information content (AvgIpc) is 2.40. The van der Waals surface area contributed by atoms with Crippen molar-refractivity contribution >= 4 is 11.4 Å². The third kappa shape index (κ3) is 3.58. The minimum absolute atomic E-state index is 0.596. The topological polar surface area (TPSA) is 73.1 Å². The van der Waals surface area contributed by atoms with Crippen molar-refractivity contribution in [3.63, 3.8) is 0 Å². The Balaban J connectivity index is 2.05. The molecule has 5 heteroatoms. The molecule has 1 aromatic carbocycles. The molecule has 1 heterocycles. The van der Waals surface area contributed by atoms with Crippen molar-refractivity contribution in [1.82, 2.24) is 9.97 Å². The lowest BCUT2D eigenvalue weighted by atomic mass is 10.2. The van der Waals surface area contributed by atoms with Crippen molar-refractivity contribution in [2.75, 3.05) is 17.7 Å². The predicted octanol–water partition coefficient (Wildman–Crippen LogP) is 2.38. The van der Waals surface area contributed by atoms with E-state index < -0.39 is 0 Å². The van der Waals surface area contributed by atoms with Crippen molar-refractivity contribution in [3.05, 3.63) is 42.0 Å². The molecule has 19 heavy (non-hydrogen) atoms. The second-order valence-electron chi connectivity index (χ2n) is 4.13. The highest BCUT2D eigenvalue weighted by Gasteiger charge is 2.02. The van der Waals surface area contributed by atoms with Gasteiger partial charge in [0, 0.05) is 18.0 Å². The summed E-state index contributed by atoms with van der Waals surface area (Å²) in [4.78, 5) is 8.40. The zero-order chi connectivity index (χ0) is 13.7. The summed E-state index contributed by atoms with van der Waals surface area (Å²) < 4.78 is 5.46. The van der Waals surface area contributed by atoms with Crippen LogP contribution in [0.4, 0.5) is 11.4 Å². The Kier molecular flexibility index (Phi) is 4.18. The quantitative estimate of drug-likeness (QED) is 0.805. The van der Waals surface area contributed by atoms with E-state index in [2.05, 4.69) is 15.3 Å². The fourth-order valence-electron chi connectivity index (χ4n) is 1.72. The van der Waals surface area contributed by atoms with Crippen LogP contribution in [0.5, 0.6) is 5.75 Å². The average molecular weight is 258 g/mol. The predicted molar refractivity (Wildman–Crippen MR) is 76.1 cm³/mol. The SMILES string of the molecule is CCOc1cc(NCc2ccnc(C)n2)ccc1N. The van der Waals surface area contributed by atoms with Gasteiger partial charge in [0.1, 0.15) is 11.6 Å². The molecule has 0 aliphatic carbocycles. The summed E-state index contributed by atoms with van der Waals surface area (Å²) in [5.74, 6) is 1.47. The van der Waals surface area contributed by atoms with Crippen LogP contribution in [0, 0.1) is 6.92 Å². The first-order valence-corrected chi connectivity index (χ1v) is 6.23. The van der Waals surface area contributed by atoms with E-state index in [1.165, 1.54) is 0 Å². The lowest BCUT2D eigenvalue weighted by molar-refractivity contribution is 0.342. The summed E-state index contributed by atoms with van der Waals surface area (Å²) in [6.07, 6.45) is 1.76. The number of aromatic nitrogens is 2. The first-order valence-electron chi connectivity index (χ1n) is 6.23. The van der Waals surface area contributed by atoms with Crippen LogP contribution in [-0.2, 0) is 6.54 Å². The van der Waals surface area contributed by atoms with Gasteiger partial charge in [-0.2, -0.15) is 0 Å². The van der Waals surface area contributed by atoms with Crippen LogP contribution in [0.15, 0.2) is 30.5 Å². The largest absolute Gasteiger partial charge is 0.492 e. The number of hydrogen-bond donors (Lipinski definition) is 2. The molecule has 0 fully saturated rings. The van der Waals surface area contributed by atoms with Crippen LogP contribution in [0.2, 0.25) is 0 Å². The zero-order valence-electron chi connectivity index (χ0n) is 11.2. The summed E-state index contributed by atoms with van der Waals surface area (Å²) in [5, 5.41) is 3.29. The maximum Gasteiger partial charge on any atom is 0.144 e. The van der Waals surface area contributed by atoms with E-state index in [4.69, 9.17) is 10.5 Å². The van der Waals surface area contributed by atoms with Crippen molar-refractivity contribution in [2.45, 2.75) is 20.4 Å². The Morgan fingerprint density at radius 3 is 2.89 bits per heavy atom. The number of rotatable bonds is 5. The number of nitrogens with one attached hydrogen (secondary N) is 1. The van der Waals surface area contributed by atoms with Crippen LogP contribution in [-0.4, -0.2) is 16.6 Å². The highest BCUT2D eigenvalue weighted by atomic mass is 16.5. The standard InChI is InChI=1S/C14H18N4O/c1-3-19-14-8-11(4-5-13(14)15)17-9-12-6-7-16-10(2)18-12/h4-8,17H,3,9,15H2,1-2H3. The summed E-state index contributed by atoms with van der Waals surface area (Å²) in [6.45, 7) is 5.04. The molecule has 0 atom stereocenters. The molecule has 2 rings (SSSR count). The minimum Gasteiger partial charge on any atom is -0.492 e. The van der Waals surface area contributed by atoms with Gasteiger partial charge >= 0.3 is 0 Å². The highest BCUT2D eigenvalue weighted by Crippen LogP contribution is 2.25. The number of nitrogens with zero attached hydrogens (tertiary/aromatic N) is 2. The highest BCUT2D eigenvalue weighted by molar-refractivity contribution is 5.61. The fraction of sp³-hybridized carbons (Fsp3) is 0.286. The Morgan fingerprint density at radius 2 is 2.16 bits per heavy atom. The van der Waals surface area contributed by atoms with Crippen LogP contribution in [0.25, 0.3) is 0 Å². The van der Waals surface area contributed by atoms with Crippen molar-refractivity contribution in [3.8, 4) is 5.75 Å². The number of nitrogens with two attached hydrogens (primary N) is 1. The molecule has 0 saturated carbocycles. The van der Waals surface area contributed by atoms with Gasteiger partial charge in [-0.25, -0.2) is 9.97 Å². The lowest BCUT2D eigenvalue weighted by Gasteiger charge is -2.11. The van der Waals surface area contributed by atoms with Gasteiger partial charge < -0.3 is 15.8 Å². The van der Waals surface area contributed by atoms with Crippen molar-refractivity contribution in [1.29, 1.82) is 0 Å². The lowest BCUT2D eigenvalue weighted by Crippen LogP contribution is -2.04. The molecule has 0 spiro atoms. The molecule has 0 saturated heterocycles. The van der Waals surface area contributed by atoms with Gasteiger partial charge in [0.15, 0.2) is 0 Å². The Labute approximate surface area is 112 Å². The van der Waals surface area contributed by atoms with E-state index in [1.54, 1.807) is 6.20 Å². The molecule has 100 valence electrons. The van der Waals surface area contributed by atoms with E-state index in [-0.39, 0.29) is 0 Å². The maximum absolute atomic E-state index is 5.83. The van der Waals surface area contributed by atoms with Gasteiger partial charge in [0.05, 0.1) is 24.5 Å². The van der Waals surface area contributed by atoms with E-state index in [1.807, 2.05) is 38.1 Å². The molecule has 0 aliphatic heterocycles. The molecule has 0 amide bonds. The summed E-state index contributed by atoms with van der Waals surface area (Å²) in [7, 11) is 0. The fourth-order valence-corrected chi connectivity index (χ4v) is 1.72. The smallest absolute Gasteiger partial charge is 0.144 e. The second-order valence-corrected chi connectivity index (χ2v) is 4.13. The maximum atomic E-state index is 5.83. The monoisotopic (exact) mass is 258 g/mol. The van der Waals surface area contributed by atoms with Crippen LogP contribution in [0.1, 0.15) is 18.4 Å². The van der Waals surface area contributed by atoms with Gasteiger partial charge in [-0.3, -0.25) is 0 Å². The van der Waals surface area contributed by atoms with Gasteiger partial charge in [-0.15, -0.1) is 0 Å². The second kappa shape index (κ2) is 6.04. The molecule has 0 aliphatic rings. The van der Waals surface area contributed by atoms with E-state index >= 15 is 0 Å². The van der Waals surface area contributed by atoms with Crippen LogP contribution in [0.3, 0.4) is 0 Å². The van der Waals surface area contributed by atoms with Gasteiger partial charge in [-0.1, -0.05) is 0 Å². The third-order valence-electron chi connectivity index (χ3n) is 2.62. The summed E-state index contributed by atoms with van der Waals surface area (Å²) in [6, 6.07) is 7.54. The number of nitrogen functional groups attached to an aromatic ring is 1. The van der Waals surface area contributed by atoms with Crippen molar-refractivity contribution < 1.29 is 4.74 Å². The van der Waals surface area contributed by atoms with E-state index in [0.717, 1.165) is 17.2 Å². The molecular formula is C14H18N4O. The molecule has 2 aromatic rings. The number of benzene rings is 1. The molecule has 0 bridgehead atoms. The van der Waals surface area contributed by atoms with Gasteiger partial charge in [0.2, 0.25) is 0 Å². The van der Waals surface area contributed by atoms with Crippen LogP contribution >= 0.6 is 0 Å². The normalized spacial score (nSPS) is 10.2. The van der Waals surface area contributed by atoms with Gasteiger partial charge in [-0.05, 0) is 32.0 Å². The van der Waals surface area contributed by atoms with Crippen molar-refractivity contribution in [2.24, 2.45) is 0 Å². The van der Waals surface area contributed by atoms with Gasteiger partial charge in [0.25, 0.3) is 0 Å². The summed E-state index contributed by atoms with van der Waals surface area (Å²) in [5.41, 5.74) is 8.37. The number of aryl methyl sites for hydroxylation is 1. The number of anilines is 2. The number of ether oxygens (including phenoxy) is 1. The molecule has 0 unspecified atom stereocenters. The molecule has 3 N–H and O–H groups in total. The number of hydrogen-bond acceptors (Lipinski definition) is 5. The summed E-state index contributed by atoms with van der Waals surface area (Å²) >= 11 is 0. The molecular weight excluding hydrogens is 240 g/mol. The zero-order valence-corrected chi connectivity index (χ0v) is 11.2. The first-order chi connectivity index (χ1) is 9.19. The first kappa shape index (κ1) is 13.1. The Bertz CT molecular complexity index is 557. The minimum atomic E-state index is 0.596.